The molecule has 0 aliphatic carbocycles. The van der Waals surface area contributed by atoms with Gasteiger partial charge >= 0.3 is 0 Å². The molecule has 1 aromatic rings. The number of aliphatic hydroxyl groups is 1. The minimum absolute atomic E-state index is 0.0144. The molecule has 3 nitrogen and oxygen atoms in total. The van der Waals surface area contributed by atoms with Crippen molar-refractivity contribution < 1.29 is 23.0 Å². The molecule has 2 atom stereocenters. The van der Waals surface area contributed by atoms with Gasteiger partial charge < -0.3 is 9.84 Å². The number of ether oxygens (including phenoxy) is 1. The van der Waals surface area contributed by atoms with E-state index in [1.54, 1.807) is 11.9 Å². The number of aliphatic hydroxyl groups excluding tert-OH is 1. The Morgan fingerprint density at radius 3 is 2.63 bits per heavy atom. The van der Waals surface area contributed by atoms with Crippen LogP contribution >= 0.6 is 15.9 Å². The summed E-state index contributed by atoms with van der Waals surface area (Å²) < 4.78 is 45.2. The van der Waals surface area contributed by atoms with Gasteiger partial charge in [0, 0.05) is 16.6 Å². The number of hydrogen-bond acceptors (Lipinski definition) is 3. The zero-order chi connectivity index (χ0) is 14.2. The molecule has 1 aliphatic rings. The van der Waals surface area contributed by atoms with Crippen molar-refractivity contribution in [3.63, 3.8) is 0 Å². The second-order valence-corrected chi connectivity index (χ2v) is 5.39. The molecule has 0 amide bonds. The Morgan fingerprint density at radius 2 is 2.05 bits per heavy atom. The molecular formula is C12H13BrF3NO2. The van der Waals surface area contributed by atoms with Gasteiger partial charge in [-0.15, -0.1) is 0 Å². The predicted octanol–water partition coefficient (Wildman–Crippen LogP) is 2.06. The van der Waals surface area contributed by atoms with E-state index in [-0.39, 0.29) is 29.2 Å². The fraction of sp³-hybridized carbons (Fsp3) is 0.500. The zero-order valence-electron chi connectivity index (χ0n) is 10.2. The first-order valence-corrected chi connectivity index (χ1v) is 6.49. The van der Waals surface area contributed by atoms with E-state index >= 15 is 0 Å². The lowest BCUT2D eigenvalue weighted by Crippen LogP contribution is -2.40. The Bertz CT molecular complexity index is 487. The molecule has 7 heteroatoms. The van der Waals surface area contributed by atoms with E-state index in [4.69, 9.17) is 4.74 Å². The van der Waals surface area contributed by atoms with Crippen LogP contribution in [0, 0.1) is 17.5 Å². The van der Waals surface area contributed by atoms with Crippen molar-refractivity contribution in [1.82, 2.24) is 4.90 Å². The van der Waals surface area contributed by atoms with E-state index in [0.29, 0.717) is 6.61 Å². The number of hydrogen-bond donors (Lipinski definition) is 1. The zero-order valence-corrected chi connectivity index (χ0v) is 11.8. The lowest BCUT2D eigenvalue weighted by molar-refractivity contribution is 0.0917. The summed E-state index contributed by atoms with van der Waals surface area (Å²) >= 11 is 3.02. The topological polar surface area (TPSA) is 32.7 Å². The third-order valence-electron chi connectivity index (χ3n) is 3.20. The molecule has 0 spiro atoms. The average Bonchev–Trinajstić information content (AvgIpc) is 2.78. The molecule has 106 valence electrons. The number of halogens is 4. The first-order chi connectivity index (χ1) is 8.91. The van der Waals surface area contributed by atoms with Crippen LogP contribution in [0.25, 0.3) is 0 Å². The van der Waals surface area contributed by atoms with Crippen molar-refractivity contribution >= 4 is 15.9 Å². The molecule has 1 saturated heterocycles. The number of benzene rings is 1. The van der Waals surface area contributed by atoms with Crippen molar-refractivity contribution in [2.24, 2.45) is 0 Å². The highest BCUT2D eigenvalue weighted by molar-refractivity contribution is 9.10. The van der Waals surface area contributed by atoms with Crippen LogP contribution in [-0.2, 0) is 11.3 Å². The average molecular weight is 340 g/mol. The second kappa shape index (κ2) is 5.78. The van der Waals surface area contributed by atoms with Gasteiger partial charge in [0.15, 0.2) is 17.5 Å². The Kier molecular flexibility index (Phi) is 4.50. The van der Waals surface area contributed by atoms with Crippen molar-refractivity contribution in [1.29, 1.82) is 0 Å². The molecule has 19 heavy (non-hydrogen) atoms. The monoisotopic (exact) mass is 339 g/mol. The molecule has 1 N–H and O–H groups in total. The van der Waals surface area contributed by atoms with E-state index in [1.165, 1.54) is 0 Å². The molecule has 1 heterocycles. The van der Waals surface area contributed by atoms with Crippen LogP contribution in [-0.4, -0.2) is 42.4 Å². The maximum atomic E-state index is 13.7. The fourth-order valence-corrected chi connectivity index (χ4v) is 2.57. The van der Waals surface area contributed by atoms with E-state index in [1.807, 2.05) is 0 Å². The summed E-state index contributed by atoms with van der Waals surface area (Å²) in [6.07, 6.45) is -0.669. The largest absolute Gasteiger partial charge is 0.389 e. The number of nitrogens with zero attached hydrogens (tertiary/aromatic N) is 1. The number of likely N-dealkylation sites (N-methyl/N-ethyl adjacent to an activating group) is 1. The van der Waals surface area contributed by atoms with Crippen molar-refractivity contribution in [2.75, 3.05) is 20.3 Å². The summed E-state index contributed by atoms with van der Waals surface area (Å²) in [4.78, 5) is 1.65. The van der Waals surface area contributed by atoms with Gasteiger partial charge in [-0.1, -0.05) is 15.9 Å². The third kappa shape index (κ3) is 2.94. The molecule has 1 aliphatic heterocycles. The molecule has 0 aromatic heterocycles. The minimum Gasteiger partial charge on any atom is -0.389 e. The van der Waals surface area contributed by atoms with E-state index in [9.17, 15) is 18.3 Å². The second-order valence-electron chi connectivity index (χ2n) is 4.53. The fourth-order valence-electron chi connectivity index (χ4n) is 2.07. The molecule has 0 radical (unpaired) electrons. The van der Waals surface area contributed by atoms with Gasteiger partial charge in [-0.2, -0.15) is 0 Å². The SMILES string of the molecule is CN(Cc1c(Br)cc(F)c(F)c1F)[C@@H]1COC[C@H]1O. The van der Waals surface area contributed by atoms with Crippen LogP contribution in [0.4, 0.5) is 13.2 Å². The van der Waals surface area contributed by atoms with Gasteiger partial charge in [-0.05, 0) is 13.1 Å². The van der Waals surface area contributed by atoms with Crippen LogP contribution < -0.4 is 0 Å². The lowest BCUT2D eigenvalue weighted by atomic mass is 10.1. The van der Waals surface area contributed by atoms with Crippen molar-refractivity contribution in [2.45, 2.75) is 18.7 Å². The van der Waals surface area contributed by atoms with E-state index in [2.05, 4.69) is 15.9 Å². The van der Waals surface area contributed by atoms with Gasteiger partial charge in [0.1, 0.15) is 0 Å². The van der Waals surface area contributed by atoms with Crippen LogP contribution in [0.15, 0.2) is 10.5 Å². The Balaban J connectivity index is 2.21. The van der Waals surface area contributed by atoms with Crippen LogP contribution in [0.5, 0.6) is 0 Å². The van der Waals surface area contributed by atoms with Gasteiger partial charge in [0.05, 0.1) is 25.4 Å². The molecular weight excluding hydrogens is 327 g/mol. The highest BCUT2D eigenvalue weighted by Crippen LogP contribution is 2.27. The van der Waals surface area contributed by atoms with Gasteiger partial charge in [-0.25, -0.2) is 13.2 Å². The smallest absolute Gasteiger partial charge is 0.194 e. The highest BCUT2D eigenvalue weighted by Gasteiger charge is 2.31. The maximum Gasteiger partial charge on any atom is 0.194 e. The molecule has 2 rings (SSSR count). The van der Waals surface area contributed by atoms with E-state index < -0.39 is 23.6 Å². The summed E-state index contributed by atoms with van der Waals surface area (Å²) in [5.74, 6) is -3.94. The maximum absolute atomic E-state index is 13.7. The third-order valence-corrected chi connectivity index (χ3v) is 3.91. The molecule has 1 fully saturated rings. The minimum atomic E-state index is -1.49. The highest BCUT2D eigenvalue weighted by atomic mass is 79.9. The molecule has 0 unspecified atom stereocenters. The summed E-state index contributed by atoms with van der Waals surface area (Å²) in [6, 6.07) is 0.600. The Morgan fingerprint density at radius 1 is 1.37 bits per heavy atom. The quantitative estimate of drug-likeness (QED) is 0.675. The van der Waals surface area contributed by atoms with Crippen LogP contribution in [0.2, 0.25) is 0 Å². The van der Waals surface area contributed by atoms with Gasteiger partial charge in [0.2, 0.25) is 0 Å². The molecule has 0 bridgehead atoms. The summed E-state index contributed by atoms with van der Waals surface area (Å²) in [6.45, 7) is 0.575. The molecule has 1 aromatic carbocycles. The predicted molar refractivity (Wildman–Crippen MR) is 66.1 cm³/mol. The van der Waals surface area contributed by atoms with Crippen molar-refractivity contribution in [3.8, 4) is 0 Å². The standard InChI is InChI=1S/C12H13BrF3NO2/c1-17(9-4-19-5-10(9)18)3-6-7(13)2-8(14)12(16)11(6)15/h2,9-10,18H,3-5H2,1H3/t9-,10-/m1/s1. The molecule has 0 saturated carbocycles. The number of rotatable bonds is 3. The van der Waals surface area contributed by atoms with Crippen LogP contribution in [0.1, 0.15) is 5.56 Å². The Labute approximate surface area is 117 Å². The summed E-state index contributed by atoms with van der Waals surface area (Å²) in [7, 11) is 1.66. The Hall–Kier alpha value is -0.630. The van der Waals surface area contributed by atoms with Gasteiger partial charge in [0.25, 0.3) is 0 Å². The normalized spacial score (nSPS) is 23.3. The van der Waals surface area contributed by atoms with Crippen molar-refractivity contribution in [3.05, 3.63) is 33.6 Å². The van der Waals surface area contributed by atoms with E-state index in [0.717, 1.165) is 6.07 Å². The first-order valence-electron chi connectivity index (χ1n) is 5.69. The first kappa shape index (κ1) is 14.8. The lowest BCUT2D eigenvalue weighted by Gasteiger charge is -2.26. The summed E-state index contributed by atoms with van der Waals surface area (Å²) in [5, 5.41) is 9.67. The summed E-state index contributed by atoms with van der Waals surface area (Å²) in [5.41, 5.74) is 0.0144. The van der Waals surface area contributed by atoms with Gasteiger partial charge in [-0.3, -0.25) is 4.90 Å². The van der Waals surface area contributed by atoms with Crippen LogP contribution in [0.3, 0.4) is 0 Å².